The van der Waals surface area contributed by atoms with Crippen LogP contribution in [0.4, 0.5) is 0 Å². The van der Waals surface area contributed by atoms with Gasteiger partial charge in [0.15, 0.2) is 5.76 Å². The Kier molecular flexibility index (Phi) is 5.27. The Morgan fingerprint density at radius 3 is 2.59 bits per heavy atom. The molecule has 0 N–H and O–H groups in total. The van der Waals surface area contributed by atoms with Gasteiger partial charge in [-0.15, -0.1) is 0 Å². The smallest absolute Gasteiger partial charge is 0.293 e. The number of para-hydroxylation sites is 1. The molecule has 0 aliphatic rings. The van der Waals surface area contributed by atoms with Crippen molar-refractivity contribution in [3.63, 3.8) is 0 Å². The van der Waals surface area contributed by atoms with Crippen LogP contribution in [0, 0.1) is 13.8 Å². The topological polar surface area (TPSA) is 70.5 Å². The predicted octanol–water partition coefficient (Wildman–Crippen LogP) is 5.85. The molecule has 0 unspecified atom stereocenters. The molecule has 4 aromatic rings. The van der Waals surface area contributed by atoms with Crippen molar-refractivity contribution in [2.45, 2.75) is 20.5 Å². The van der Waals surface area contributed by atoms with Gasteiger partial charge in [-0.05, 0) is 55.3 Å². The highest BCUT2D eigenvalue weighted by atomic mass is 35.5. The minimum absolute atomic E-state index is 0.264. The van der Waals surface area contributed by atoms with Crippen molar-refractivity contribution < 1.29 is 18.4 Å². The van der Waals surface area contributed by atoms with Gasteiger partial charge in [0.1, 0.15) is 23.9 Å². The number of furan rings is 1. The van der Waals surface area contributed by atoms with Crippen LogP contribution in [0.25, 0.3) is 23.0 Å². The first-order valence-electron chi connectivity index (χ1n) is 9.01. The average Bonchev–Trinajstić information content (AvgIpc) is 3.37. The summed E-state index contributed by atoms with van der Waals surface area (Å²) in [5.41, 5.74) is 2.79. The highest BCUT2D eigenvalue weighted by Gasteiger charge is 2.17. The van der Waals surface area contributed by atoms with Gasteiger partial charge in [-0.2, -0.15) is 4.98 Å². The number of hydrogen-bond donors (Lipinski definition) is 0. The first-order chi connectivity index (χ1) is 14.0. The molecule has 29 heavy (non-hydrogen) atoms. The monoisotopic (exact) mass is 410 g/mol. The standard InChI is InChI=1S/C22H19ClN2O4/c1-13-5-4-6-14(2)20(13)27-12-16-8-10-19(28-16)22-24-21(25-29-22)17-11-15(23)7-9-18(17)26-3/h4-11H,12H2,1-3H3. The van der Waals surface area contributed by atoms with Crippen LogP contribution in [0.15, 0.2) is 57.5 Å². The lowest BCUT2D eigenvalue weighted by Crippen LogP contribution is -1.97. The summed E-state index contributed by atoms with van der Waals surface area (Å²) in [5, 5.41) is 4.57. The summed E-state index contributed by atoms with van der Waals surface area (Å²) in [5.74, 6) is 3.21. The SMILES string of the molecule is COc1ccc(Cl)cc1-c1noc(-c2ccc(COc3c(C)cccc3C)o2)n1. The van der Waals surface area contributed by atoms with Gasteiger partial charge in [-0.3, -0.25) is 0 Å². The number of aromatic nitrogens is 2. The Morgan fingerprint density at radius 1 is 1.03 bits per heavy atom. The second-order valence-corrected chi connectivity index (χ2v) is 6.98. The Bertz CT molecular complexity index is 1130. The Hall–Kier alpha value is -3.25. The van der Waals surface area contributed by atoms with Crippen LogP contribution in [0.2, 0.25) is 5.02 Å². The van der Waals surface area contributed by atoms with E-state index in [9.17, 15) is 0 Å². The molecular formula is C22H19ClN2O4. The van der Waals surface area contributed by atoms with E-state index >= 15 is 0 Å². The van der Waals surface area contributed by atoms with E-state index in [1.165, 1.54) is 0 Å². The molecule has 7 heteroatoms. The number of ether oxygens (including phenoxy) is 2. The third-order valence-corrected chi connectivity index (χ3v) is 4.70. The lowest BCUT2D eigenvalue weighted by atomic mass is 10.1. The lowest BCUT2D eigenvalue weighted by molar-refractivity contribution is 0.267. The Balaban J connectivity index is 1.53. The molecule has 0 saturated heterocycles. The van der Waals surface area contributed by atoms with Crippen molar-refractivity contribution >= 4 is 11.6 Å². The molecule has 0 amide bonds. The van der Waals surface area contributed by atoms with Gasteiger partial charge in [0, 0.05) is 5.02 Å². The lowest BCUT2D eigenvalue weighted by Gasteiger charge is -2.10. The van der Waals surface area contributed by atoms with Gasteiger partial charge in [-0.25, -0.2) is 0 Å². The van der Waals surface area contributed by atoms with Gasteiger partial charge in [0.05, 0.1) is 12.7 Å². The summed E-state index contributed by atoms with van der Waals surface area (Å²) < 4.78 is 22.5. The predicted molar refractivity (Wildman–Crippen MR) is 109 cm³/mol. The van der Waals surface area contributed by atoms with Crippen molar-refractivity contribution in [2.75, 3.05) is 7.11 Å². The summed E-state index contributed by atoms with van der Waals surface area (Å²) in [7, 11) is 1.57. The molecule has 148 valence electrons. The maximum Gasteiger partial charge on any atom is 0.293 e. The van der Waals surface area contributed by atoms with Gasteiger partial charge in [-0.1, -0.05) is 35.0 Å². The third-order valence-electron chi connectivity index (χ3n) is 4.47. The zero-order valence-corrected chi connectivity index (χ0v) is 17.0. The van der Waals surface area contributed by atoms with E-state index in [4.69, 9.17) is 30.0 Å². The summed E-state index contributed by atoms with van der Waals surface area (Å²) in [4.78, 5) is 4.41. The van der Waals surface area contributed by atoms with E-state index in [-0.39, 0.29) is 5.89 Å². The minimum atomic E-state index is 0.264. The molecule has 0 aliphatic heterocycles. The molecule has 2 heterocycles. The summed E-state index contributed by atoms with van der Waals surface area (Å²) in [6.45, 7) is 4.33. The Labute approximate surface area is 173 Å². The van der Waals surface area contributed by atoms with Crippen molar-refractivity contribution in [3.8, 4) is 34.5 Å². The van der Waals surface area contributed by atoms with Crippen LogP contribution in [0.5, 0.6) is 11.5 Å². The summed E-state index contributed by atoms with van der Waals surface area (Å²) in [6.07, 6.45) is 0. The Morgan fingerprint density at radius 2 is 1.83 bits per heavy atom. The normalized spacial score (nSPS) is 10.9. The zero-order chi connectivity index (χ0) is 20.4. The van der Waals surface area contributed by atoms with E-state index in [0.717, 1.165) is 16.9 Å². The van der Waals surface area contributed by atoms with Gasteiger partial charge in [0.25, 0.3) is 5.89 Å². The van der Waals surface area contributed by atoms with E-state index in [1.807, 2.05) is 38.1 Å². The van der Waals surface area contributed by atoms with E-state index in [0.29, 0.717) is 40.3 Å². The fourth-order valence-electron chi connectivity index (χ4n) is 3.03. The van der Waals surface area contributed by atoms with Crippen molar-refractivity contribution in [3.05, 3.63) is 70.4 Å². The summed E-state index contributed by atoms with van der Waals surface area (Å²) in [6, 6.07) is 14.8. The van der Waals surface area contributed by atoms with E-state index in [2.05, 4.69) is 10.1 Å². The van der Waals surface area contributed by atoms with Gasteiger partial charge >= 0.3 is 0 Å². The molecule has 2 aromatic carbocycles. The van der Waals surface area contributed by atoms with E-state index < -0.39 is 0 Å². The van der Waals surface area contributed by atoms with Gasteiger partial charge in [0.2, 0.25) is 5.82 Å². The fraction of sp³-hybridized carbons (Fsp3) is 0.182. The zero-order valence-electron chi connectivity index (χ0n) is 16.2. The van der Waals surface area contributed by atoms with Crippen molar-refractivity contribution in [1.29, 1.82) is 0 Å². The fourth-order valence-corrected chi connectivity index (χ4v) is 3.20. The quantitative estimate of drug-likeness (QED) is 0.396. The summed E-state index contributed by atoms with van der Waals surface area (Å²) >= 11 is 6.08. The number of hydrogen-bond acceptors (Lipinski definition) is 6. The molecule has 0 fully saturated rings. The van der Waals surface area contributed by atoms with Crippen LogP contribution in [-0.2, 0) is 6.61 Å². The van der Waals surface area contributed by atoms with Crippen LogP contribution < -0.4 is 9.47 Å². The molecular weight excluding hydrogens is 392 g/mol. The number of methoxy groups -OCH3 is 1. The molecule has 0 radical (unpaired) electrons. The van der Waals surface area contributed by atoms with Crippen LogP contribution in [-0.4, -0.2) is 17.3 Å². The first-order valence-corrected chi connectivity index (χ1v) is 9.38. The molecule has 0 spiro atoms. The van der Waals surface area contributed by atoms with E-state index in [1.54, 1.807) is 31.4 Å². The van der Waals surface area contributed by atoms with Crippen molar-refractivity contribution in [2.24, 2.45) is 0 Å². The van der Waals surface area contributed by atoms with Crippen LogP contribution >= 0.6 is 11.6 Å². The number of rotatable bonds is 6. The highest BCUT2D eigenvalue weighted by molar-refractivity contribution is 6.30. The molecule has 0 atom stereocenters. The molecule has 2 aromatic heterocycles. The van der Waals surface area contributed by atoms with Crippen molar-refractivity contribution in [1.82, 2.24) is 10.1 Å². The maximum atomic E-state index is 6.08. The number of benzene rings is 2. The highest BCUT2D eigenvalue weighted by Crippen LogP contribution is 2.32. The first kappa shape index (κ1) is 19.1. The molecule has 0 aliphatic carbocycles. The third kappa shape index (κ3) is 3.98. The number of aryl methyl sites for hydroxylation is 2. The number of halogens is 1. The van der Waals surface area contributed by atoms with Crippen LogP contribution in [0.1, 0.15) is 16.9 Å². The average molecular weight is 411 g/mol. The molecule has 4 rings (SSSR count). The minimum Gasteiger partial charge on any atom is -0.496 e. The number of nitrogens with zero attached hydrogens (tertiary/aromatic N) is 2. The molecule has 0 bridgehead atoms. The second-order valence-electron chi connectivity index (χ2n) is 6.54. The molecule has 0 saturated carbocycles. The molecule has 6 nitrogen and oxygen atoms in total. The second kappa shape index (κ2) is 8.01. The van der Waals surface area contributed by atoms with Gasteiger partial charge < -0.3 is 18.4 Å². The largest absolute Gasteiger partial charge is 0.496 e. The van der Waals surface area contributed by atoms with Crippen LogP contribution in [0.3, 0.4) is 0 Å². The maximum absolute atomic E-state index is 6.08.